The molecule has 0 bridgehead atoms. The number of carboxylic acids is 1. The standard InChI is InChI=1S/C18H21NO6S/c1-12-4-7-14(8-5-12)26(22,23)19-15(11-18(20)21)13-6-9-16(24-2)17(10-13)25-3/h4-10,15,19H,11H2,1-3H3,(H,20,21)/t15-/m0/s1. The van der Waals surface area contributed by atoms with Gasteiger partial charge in [-0.15, -0.1) is 0 Å². The van der Waals surface area contributed by atoms with Crippen molar-refractivity contribution in [1.82, 2.24) is 4.72 Å². The number of carboxylic acid groups (broad SMARTS) is 1. The van der Waals surface area contributed by atoms with Gasteiger partial charge in [-0.25, -0.2) is 13.1 Å². The van der Waals surface area contributed by atoms with E-state index in [4.69, 9.17) is 9.47 Å². The summed E-state index contributed by atoms with van der Waals surface area (Å²) >= 11 is 0. The van der Waals surface area contributed by atoms with Crippen LogP contribution in [0.1, 0.15) is 23.6 Å². The van der Waals surface area contributed by atoms with Crippen LogP contribution in [-0.4, -0.2) is 33.7 Å². The van der Waals surface area contributed by atoms with Crippen LogP contribution in [0.3, 0.4) is 0 Å². The van der Waals surface area contributed by atoms with Gasteiger partial charge in [-0.1, -0.05) is 23.8 Å². The van der Waals surface area contributed by atoms with Crippen molar-refractivity contribution in [3.05, 3.63) is 53.6 Å². The highest BCUT2D eigenvalue weighted by atomic mass is 32.2. The zero-order valence-corrected chi connectivity index (χ0v) is 15.5. The number of sulfonamides is 1. The molecule has 1 atom stereocenters. The Morgan fingerprint density at radius 1 is 1.08 bits per heavy atom. The van der Waals surface area contributed by atoms with Crippen LogP contribution in [0.2, 0.25) is 0 Å². The summed E-state index contributed by atoms with van der Waals surface area (Å²) in [7, 11) is -0.963. The molecule has 2 rings (SSSR count). The highest BCUT2D eigenvalue weighted by molar-refractivity contribution is 7.89. The van der Waals surface area contributed by atoms with E-state index in [1.54, 1.807) is 30.3 Å². The molecule has 0 aliphatic heterocycles. The van der Waals surface area contributed by atoms with Gasteiger partial charge in [-0.2, -0.15) is 0 Å². The molecule has 2 N–H and O–H groups in total. The maximum Gasteiger partial charge on any atom is 0.305 e. The Morgan fingerprint density at radius 3 is 2.23 bits per heavy atom. The first-order chi connectivity index (χ1) is 12.3. The van der Waals surface area contributed by atoms with Crippen LogP contribution in [0.15, 0.2) is 47.4 Å². The fourth-order valence-electron chi connectivity index (χ4n) is 2.44. The lowest BCUT2D eigenvalue weighted by Crippen LogP contribution is -2.30. The number of methoxy groups -OCH3 is 2. The summed E-state index contributed by atoms with van der Waals surface area (Å²) in [6.07, 6.45) is -0.416. The van der Waals surface area contributed by atoms with Crippen molar-refractivity contribution < 1.29 is 27.8 Å². The molecule has 0 aliphatic rings. The van der Waals surface area contributed by atoms with Gasteiger partial charge in [0.25, 0.3) is 0 Å². The lowest BCUT2D eigenvalue weighted by molar-refractivity contribution is -0.137. The van der Waals surface area contributed by atoms with Gasteiger partial charge in [-0.3, -0.25) is 4.79 Å². The summed E-state index contributed by atoms with van der Waals surface area (Å²) in [5, 5.41) is 9.19. The number of hydrogen-bond acceptors (Lipinski definition) is 5. The van der Waals surface area contributed by atoms with E-state index in [1.807, 2.05) is 6.92 Å². The summed E-state index contributed by atoms with van der Waals surface area (Å²) in [5.41, 5.74) is 1.38. The van der Waals surface area contributed by atoms with Crippen LogP contribution in [0.5, 0.6) is 11.5 Å². The first-order valence-corrected chi connectivity index (χ1v) is 9.28. The van der Waals surface area contributed by atoms with Gasteiger partial charge in [0.1, 0.15) is 0 Å². The van der Waals surface area contributed by atoms with E-state index in [0.717, 1.165) is 5.56 Å². The lowest BCUT2D eigenvalue weighted by Gasteiger charge is -2.19. The van der Waals surface area contributed by atoms with E-state index in [0.29, 0.717) is 17.1 Å². The van der Waals surface area contributed by atoms with Gasteiger partial charge in [0, 0.05) is 0 Å². The second kappa shape index (κ2) is 8.20. The molecule has 0 radical (unpaired) electrons. The van der Waals surface area contributed by atoms with Gasteiger partial charge in [0.2, 0.25) is 10.0 Å². The van der Waals surface area contributed by atoms with E-state index in [1.165, 1.54) is 26.4 Å². The first-order valence-electron chi connectivity index (χ1n) is 7.79. The zero-order valence-electron chi connectivity index (χ0n) is 14.7. The molecule has 0 fully saturated rings. The molecule has 2 aromatic carbocycles. The summed E-state index contributed by atoms with van der Waals surface area (Å²) in [6.45, 7) is 1.85. The topological polar surface area (TPSA) is 102 Å². The number of rotatable bonds is 8. The molecular weight excluding hydrogens is 358 g/mol. The SMILES string of the molecule is COc1ccc([C@H](CC(=O)O)NS(=O)(=O)c2ccc(C)cc2)cc1OC. The van der Waals surface area contributed by atoms with Crippen molar-refractivity contribution in [2.24, 2.45) is 0 Å². The number of benzene rings is 2. The van der Waals surface area contributed by atoms with Gasteiger partial charge < -0.3 is 14.6 Å². The summed E-state index contributed by atoms with van der Waals surface area (Å²) in [4.78, 5) is 11.3. The Kier molecular flexibility index (Phi) is 6.23. The number of carbonyl (C=O) groups is 1. The number of ether oxygens (including phenoxy) is 2. The molecule has 0 amide bonds. The van der Waals surface area contributed by atoms with E-state index < -0.39 is 28.5 Å². The molecule has 2 aromatic rings. The smallest absolute Gasteiger partial charge is 0.305 e. The third-order valence-electron chi connectivity index (χ3n) is 3.82. The fourth-order valence-corrected chi connectivity index (χ4v) is 3.67. The lowest BCUT2D eigenvalue weighted by atomic mass is 10.0. The highest BCUT2D eigenvalue weighted by Crippen LogP contribution is 2.31. The Labute approximate surface area is 152 Å². The van der Waals surface area contributed by atoms with E-state index in [9.17, 15) is 18.3 Å². The third kappa shape index (κ3) is 4.74. The van der Waals surface area contributed by atoms with Crippen molar-refractivity contribution in [3.8, 4) is 11.5 Å². The molecule has 0 saturated carbocycles. The van der Waals surface area contributed by atoms with Gasteiger partial charge in [-0.05, 0) is 36.8 Å². The van der Waals surface area contributed by atoms with E-state index in [2.05, 4.69) is 4.72 Å². The minimum Gasteiger partial charge on any atom is -0.493 e. The number of hydrogen-bond donors (Lipinski definition) is 2. The van der Waals surface area contributed by atoms with Crippen molar-refractivity contribution in [3.63, 3.8) is 0 Å². The summed E-state index contributed by atoms with van der Waals surface area (Å²) in [5.74, 6) is -0.280. The molecule has 140 valence electrons. The number of aliphatic carboxylic acids is 1. The van der Waals surface area contributed by atoms with E-state index >= 15 is 0 Å². The normalized spacial score (nSPS) is 12.4. The predicted molar refractivity (Wildman–Crippen MR) is 96.0 cm³/mol. The third-order valence-corrected chi connectivity index (χ3v) is 5.30. The molecule has 0 spiro atoms. The molecular formula is C18H21NO6S. The second-order valence-electron chi connectivity index (χ2n) is 5.70. The average molecular weight is 379 g/mol. The number of aryl methyl sites for hydroxylation is 1. The van der Waals surface area contributed by atoms with E-state index in [-0.39, 0.29) is 4.90 Å². The van der Waals surface area contributed by atoms with Crippen LogP contribution in [0.4, 0.5) is 0 Å². The Bertz CT molecular complexity index is 877. The molecule has 0 unspecified atom stereocenters. The molecule has 0 aliphatic carbocycles. The second-order valence-corrected chi connectivity index (χ2v) is 7.41. The van der Waals surface area contributed by atoms with Crippen LogP contribution in [0.25, 0.3) is 0 Å². The highest BCUT2D eigenvalue weighted by Gasteiger charge is 2.24. The zero-order chi connectivity index (χ0) is 19.3. The Morgan fingerprint density at radius 2 is 1.69 bits per heavy atom. The summed E-state index contributed by atoms with van der Waals surface area (Å²) in [6, 6.07) is 10.1. The minimum absolute atomic E-state index is 0.0685. The first kappa shape index (κ1) is 19.7. The minimum atomic E-state index is -3.89. The Hall–Kier alpha value is -2.58. The monoisotopic (exact) mass is 379 g/mol. The molecule has 7 nitrogen and oxygen atoms in total. The molecule has 8 heteroatoms. The van der Waals surface area contributed by atoms with Crippen molar-refractivity contribution in [2.45, 2.75) is 24.3 Å². The van der Waals surface area contributed by atoms with Crippen LogP contribution in [0, 0.1) is 6.92 Å². The predicted octanol–water partition coefficient (Wildman–Crippen LogP) is 2.51. The van der Waals surface area contributed by atoms with Gasteiger partial charge in [0.05, 0.1) is 31.6 Å². The largest absolute Gasteiger partial charge is 0.493 e. The molecule has 0 aromatic heterocycles. The molecule has 0 saturated heterocycles. The quantitative estimate of drug-likeness (QED) is 0.731. The van der Waals surface area contributed by atoms with Crippen LogP contribution < -0.4 is 14.2 Å². The van der Waals surface area contributed by atoms with Crippen LogP contribution in [-0.2, 0) is 14.8 Å². The average Bonchev–Trinajstić information content (AvgIpc) is 2.60. The van der Waals surface area contributed by atoms with Gasteiger partial charge >= 0.3 is 5.97 Å². The molecule has 26 heavy (non-hydrogen) atoms. The number of nitrogens with one attached hydrogen (secondary N) is 1. The van der Waals surface area contributed by atoms with Crippen molar-refractivity contribution in [1.29, 1.82) is 0 Å². The van der Waals surface area contributed by atoms with Crippen molar-refractivity contribution in [2.75, 3.05) is 14.2 Å². The van der Waals surface area contributed by atoms with Gasteiger partial charge in [0.15, 0.2) is 11.5 Å². The maximum absolute atomic E-state index is 12.6. The summed E-state index contributed by atoms with van der Waals surface area (Å²) < 4.78 is 38.1. The van der Waals surface area contributed by atoms with Crippen LogP contribution >= 0.6 is 0 Å². The fraction of sp³-hybridized carbons (Fsp3) is 0.278. The molecule has 0 heterocycles. The van der Waals surface area contributed by atoms with Crippen molar-refractivity contribution >= 4 is 16.0 Å². The maximum atomic E-state index is 12.6. The Balaban J connectivity index is 2.38.